The summed E-state index contributed by atoms with van der Waals surface area (Å²) in [5.41, 5.74) is 0.479. The molecule has 0 radical (unpaired) electrons. The first-order valence-corrected chi connectivity index (χ1v) is 12.8. The normalized spacial score (nSPS) is 19.6. The third-order valence-corrected chi connectivity index (χ3v) is 7.95. The Balaban J connectivity index is 1.67. The standard InChI is InChI=1S/C24H28N2O8S/c1-31-20-14-17-19(15-21(20)32-2)26(23(33-3)18-10-7-11-25(18)22(17)27)24(28)34-12-13-35(29,30)16-8-5-4-6-9-16/h4-6,8-9,14-15,18,23H,7,10-13H2,1-3H3/t18?,23-/m0/s1. The molecule has 2 atom stereocenters. The van der Waals surface area contributed by atoms with E-state index in [1.54, 1.807) is 23.1 Å². The van der Waals surface area contributed by atoms with Gasteiger partial charge in [0.25, 0.3) is 5.91 Å². The van der Waals surface area contributed by atoms with Crippen LogP contribution in [0.3, 0.4) is 0 Å². The minimum Gasteiger partial charge on any atom is -0.493 e. The summed E-state index contributed by atoms with van der Waals surface area (Å²) in [6.45, 7) is 0.156. The van der Waals surface area contributed by atoms with Crippen molar-refractivity contribution in [2.45, 2.75) is 30.0 Å². The SMILES string of the molecule is COc1cc2c(cc1OC)N(C(=O)OCCS(=O)(=O)c1ccccc1)[C@@H](OC)C1CCCN1C2=O. The van der Waals surface area contributed by atoms with E-state index in [0.717, 1.165) is 6.42 Å². The number of benzene rings is 2. The van der Waals surface area contributed by atoms with Gasteiger partial charge in [0.2, 0.25) is 0 Å². The Hall–Kier alpha value is -3.31. The van der Waals surface area contributed by atoms with Crippen molar-refractivity contribution in [3.63, 3.8) is 0 Å². The number of carbonyl (C=O) groups excluding carboxylic acids is 2. The number of ether oxygens (including phenoxy) is 4. The molecule has 0 saturated carbocycles. The van der Waals surface area contributed by atoms with Crippen molar-refractivity contribution < 1.29 is 37.0 Å². The Morgan fingerprint density at radius 3 is 2.40 bits per heavy atom. The lowest BCUT2D eigenvalue weighted by Crippen LogP contribution is -2.52. The highest BCUT2D eigenvalue weighted by Crippen LogP contribution is 2.41. The third-order valence-electron chi connectivity index (χ3n) is 6.25. The quantitative estimate of drug-likeness (QED) is 0.566. The number of methoxy groups -OCH3 is 3. The number of sulfone groups is 1. The van der Waals surface area contributed by atoms with Gasteiger partial charge in [-0.3, -0.25) is 4.79 Å². The lowest BCUT2D eigenvalue weighted by molar-refractivity contribution is 0.0270. The highest BCUT2D eigenvalue weighted by molar-refractivity contribution is 7.91. The van der Waals surface area contributed by atoms with E-state index in [0.29, 0.717) is 24.5 Å². The molecule has 0 aromatic heterocycles. The van der Waals surface area contributed by atoms with Gasteiger partial charge in [0.1, 0.15) is 6.61 Å². The number of hydrogen-bond acceptors (Lipinski definition) is 8. The van der Waals surface area contributed by atoms with Gasteiger partial charge in [-0.2, -0.15) is 0 Å². The summed E-state index contributed by atoms with van der Waals surface area (Å²) in [5.74, 6) is 0.0167. The van der Waals surface area contributed by atoms with Crippen LogP contribution in [0.15, 0.2) is 47.4 Å². The molecule has 0 spiro atoms. The van der Waals surface area contributed by atoms with Crippen molar-refractivity contribution in [1.82, 2.24) is 4.90 Å². The van der Waals surface area contributed by atoms with Gasteiger partial charge < -0.3 is 23.8 Å². The molecule has 0 bridgehead atoms. The lowest BCUT2D eigenvalue weighted by Gasteiger charge is -2.34. The minimum absolute atomic E-state index is 0.148. The van der Waals surface area contributed by atoms with Crippen LogP contribution in [0.2, 0.25) is 0 Å². The molecule has 0 aliphatic carbocycles. The predicted molar refractivity (Wildman–Crippen MR) is 127 cm³/mol. The van der Waals surface area contributed by atoms with E-state index in [-0.39, 0.29) is 34.4 Å². The Bertz CT molecular complexity index is 1200. The first-order valence-electron chi connectivity index (χ1n) is 11.2. The number of carbonyl (C=O) groups is 2. The molecule has 0 N–H and O–H groups in total. The van der Waals surface area contributed by atoms with Gasteiger partial charge in [-0.15, -0.1) is 0 Å². The Kier molecular flexibility index (Phi) is 7.18. The van der Waals surface area contributed by atoms with Gasteiger partial charge in [0, 0.05) is 19.7 Å². The second kappa shape index (κ2) is 10.1. The number of fused-ring (bicyclic) bond motifs is 2. The van der Waals surface area contributed by atoms with Gasteiger partial charge in [-0.05, 0) is 31.0 Å². The fraction of sp³-hybridized carbons (Fsp3) is 0.417. The minimum atomic E-state index is -3.64. The molecule has 2 aliphatic heterocycles. The van der Waals surface area contributed by atoms with Crippen LogP contribution in [0.25, 0.3) is 0 Å². The number of rotatable bonds is 7. The van der Waals surface area contributed by atoms with Gasteiger partial charge in [0.05, 0.1) is 42.2 Å². The molecule has 4 rings (SSSR count). The molecule has 2 amide bonds. The molecule has 10 nitrogen and oxygen atoms in total. The average Bonchev–Trinajstić information content (AvgIpc) is 3.32. The number of nitrogens with zero attached hydrogens (tertiary/aromatic N) is 2. The van der Waals surface area contributed by atoms with E-state index in [4.69, 9.17) is 18.9 Å². The van der Waals surface area contributed by atoms with Crippen LogP contribution in [0.1, 0.15) is 23.2 Å². The summed E-state index contributed by atoms with van der Waals surface area (Å²) in [4.78, 5) is 29.9. The Labute approximate surface area is 204 Å². The largest absolute Gasteiger partial charge is 0.493 e. The molecule has 2 aromatic carbocycles. The van der Waals surface area contributed by atoms with Crippen LogP contribution in [-0.4, -0.2) is 77.8 Å². The number of amides is 2. The second-order valence-electron chi connectivity index (χ2n) is 8.18. The molecule has 1 saturated heterocycles. The monoisotopic (exact) mass is 504 g/mol. The summed E-state index contributed by atoms with van der Waals surface area (Å²) in [6, 6.07) is 10.6. The molecule has 188 valence electrons. The molecule has 35 heavy (non-hydrogen) atoms. The molecule has 11 heteroatoms. The fourth-order valence-electron chi connectivity index (χ4n) is 4.56. The maximum atomic E-state index is 13.4. The zero-order valence-electron chi connectivity index (χ0n) is 19.8. The third kappa shape index (κ3) is 4.65. The van der Waals surface area contributed by atoms with Crippen molar-refractivity contribution in [3.05, 3.63) is 48.0 Å². The van der Waals surface area contributed by atoms with E-state index in [2.05, 4.69) is 0 Å². The molecule has 2 heterocycles. The van der Waals surface area contributed by atoms with Gasteiger partial charge in [-0.1, -0.05) is 18.2 Å². The zero-order chi connectivity index (χ0) is 25.2. The van der Waals surface area contributed by atoms with Crippen LogP contribution >= 0.6 is 0 Å². The van der Waals surface area contributed by atoms with Crippen molar-refractivity contribution in [2.75, 3.05) is 45.1 Å². The van der Waals surface area contributed by atoms with Crippen LogP contribution in [0.4, 0.5) is 10.5 Å². The molecule has 1 unspecified atom stereocenters. The average molecular weight is 505 g/mol. The van der Waals surface area contributed by atoms with Crippen molar-refractivity contribution in [2.24, 2.45) is 0 Å². The summed E-state index contributed by atoms with van der Waals surface area (Å²) < 4.78 is 47.1. The van der Waals surface area contributed by atoms with E-state index in [9.17, 15) is 18.0 Å². The maximum Gasteiger partial charge on any atom is 0.416 e. The first kappa shape index (κ1) is 24.8. The van der Waals surface area contributed by atoms with Crippen molar-refractivity contribution >= 4 is 27.5 Å². The zero-order valence-corrected chi connectivity index (χ0v) is 20.6. The molecule has 1 fully saturated rings. The maximum absolute atomic E-state index is 13.4. The molecule has 2 aromatic rings. The summed E-state index contributed by atoms with van der Waals surface area (Å²) in [6.07, 6.45) is -0.260. The smallest absolute Gasteiger partial charge is 0.416 e. The van der Waals surface area contributed by atoms with Gasteiger partial charge >= 0.3 is 6.09 Å². The van der Waals surface area contributed by atoms with Crippen molar-refractivity contribution in [1.29, 1.82) is 0 Å². The Morgan fingerprint density at radius 2 is 1.74 bits per heavy atom. The lowest BCUT2D eigenvalue weighted by atomic mass is 10.1. The van der Waals surface area contributed by atoms with Crippen LogP contribution in [-0.2, 0) is 19.3 Å². The molecule has 2 aliphatic rings. The highest BCUT2D eigenvalue weighted by atomic mass is 32.2. The summed E-state index contributed by atoms with van der Waals surface area (Å²) in [5, 5.41) is 0. The van der Waals surface area contributed by atoms with Crippen LogP contribution < -0.4 is 14.4 Å². The Morgan fingerprint density at radius 1 is 1.06 bits per heavy atom. The van der Waals surface area contributed by atoms with E-state index < -0.39 is 28.2 Å². The topological polar surface area (TPSA) is 112 Å². The van der Waals surface area contributed by atoms with Crippen molar-refractivity contribution in [3.8, 4) is 11.5 Å². The highest BCUT2D eigenvalue weighted by Gasteiger charge is 2.46. The fourth-order valence-corrected chi connectivity index (χ4v) is 5.67. The van der Waals surface area contributed by atoms with Gasteiger partial charge in [0.15, 0.2) is 27.6 Å². The van der Waals surface area contributed by atoms with Crippen LogP contribution in [0.5, 0.6) is 11.5 Å². The molecular weight excluding hydrogens is 476 g/mol. The number of anilines is 1. The predicted octanol–water partition coefficient (Wildman–Crippen LogP) is 2.71. The van der Waals surface area contributed by atoms with E-state index in [1.165, 1.54) is 50.5 Å². The van der Waals surface area contributed by atoms with E-state index >= 15 is 0 Å². The molecular formula is C24H28N2O8S. The first-order chi connectivity index (χ1) is 16.8. The van der Waals surface area contributed by atoms with Gasteiger partial charge in [-0.25, -0.2) is 18.1 Å². The second-order valence-corrected chi connectivity index (χ2v) is 10.3. The number of hydrogen-bond donors (Lipinski definition) is 0. The van der Waals surface area contributed by atoms with Crippen LogP contribution in [0, 0.1) is 0 Å². The van der Waals surface area contributed by atoms with E-state index in [1.807, 2.05) is 0 Å². The summed E-state index contributed by atoms with van der Waals surface area (Å²) in [7, 11) is 0.724. The summed E-state index contributed by atoms with van der Waals surface area (Å²) >= 11 is 0.